The highest BCUT2D eigenvalue weighted by Crippen LogP contribution is 2.22. The quantitative estimate of drug-likeness (QED) is 0.551. The van der Waals surface area contributed by atoms with Gasteiger partial charge in [-0.2, -0.15) is 0 Å². The van der Waals surface area contributed by atoms with Crippen LogP contribution < -0.4 is 5.32 Å². The van der Waals surface area contributed by atoms with Crippen molar-refractivity contribution in [1.82, 2.24) is 9.38 Å². The molecule has 1 N–H and O–H groups in total. The third-order valence-electron chi connectivity index (χ3n) is 2.65. The van der Waals surface area contributed by atoms with Gasteiger partial charge >= 0.3 is 0 Å². The van der Waals surface area contributed by atoms with Crippen molar-refractivity contribution in [3.05, 3.63) is 40.1 Å². The lowest BCUT2D eigenvalue weighted by atomic mass is 10.3. The fourth-order valence-corrected chi connectivity index (χ4v) is 2.73. The van der Waals surface area contributed by atoms with E-state index in [1.165, 1.54) is 0 Å². The van der Waals surface area contributed by atoms with Gasteiger partial charge in [-0.15, -0.1) is 0 Å². The Bertz CT molecular complexity index is 672. The second kappa shape index (κ2) is 3.62. The minimum atomic E-state index is 0.984. The molecule has 0 spiro atoms. The molecular weight excluding hydrogens is 313 g/mol. The average Bonchev–Trinajstić information content (AvgIpc) is 2.67. The fraction of sp³-hybridized carbons (Fsp3) is 0.0833. The summed E-state index contributed by atoms with van der Waals surface area (Å²) in [5, 5.41) is 3.15. The van der Waals surface area contributed by atoms with Crippen molar-refractivity contribution < 1.29 is 0 Å². The summed E-state index contributed by atoms with van der Waals surface area (Å²) in [4.78, 5) is 4.60. The number of nitrogens with one attached hydrogen (secondary N) is 1. The van der Waals surface area contributed by atoms with E-state index in [9.17, 15) is 0 Å². The number of pyridine rings is 1. The SMILES string of the molecule is CNc1cc(I)n2c(c1)nc1ccccc12. The Balaban J connectivity index is 2.50. The summed E-state index contributed by atoms with van der Waals surface area (Å²) in [6.07, 6.45) is 0. The fourth-order valence-electron chi connectivity index (χ4n) is 1.88. The van der Waals surface area contributed by atoms with E-state index in [4.69, 9.17) is 0 Å². The molecule has 4 heteroatoms. The Hall–Kier alpha value is -1.30. The summed E-state index contributed by atoms with van der Waals surface area (Å²) in [5.74, 6) is 0. The van der Waals surface area contributed by atoms with Crippen molar-refractivity contribution in [3.8, 4) is 0 Å². The maximum absolute atomic E-state index is 4.60. The van der Waals surface area contributed by atoms with Crippen LogP contribution in [0.2, 0.25) is 0 Å². The number of aromatic nitrogens is 2. The minimum absolute atomic E-state index is 0.984. The summed E-state index contributed by atoms with van der Waals surface area (Å²) in [7, 11) is 1.92. The van der Waals surface area contributed by atoms with Crippen LogP contribution in [0.4, 0.5) is 5.69 Å². The zero-order chi connectivity index (χ0) is 11.1. The number of benzene rings is 1. The monoisotopic (exact) mass is 323 g/mol. The lowest BCUT2D eigenvalue weighted by Crippen LogP contribution is -1.95. The first kappa shape index (κ1) is 9.89. The zero-order valence-corrected chi connectivity index (χ0v) is 10.9. The molecule has 0 radical (unpaired) electrons. The Morgan fingerprint density at radius 3 is 2.88 bits per heavy atom. The van der Waals surface area contributed by atoms with Crippen LogP contribution in [-0.2, 0) is 0 Å². The lowest BCUT2D eigenvalue weighted by molar-refractivity contribution is 1.18. The molecule has 1 aromatic carbocycles. The van der Waals surface area contributed by atoms with E-state index in [0.29, 0.717) is 0 Å². The highest BCUT2D eigenvalue weighted by atomic mass is 127. The van der Waals surface area contributed by atoms with Crippen LogP contribution in [0, 0.1) is 3.70 Å². The van der Waals surface area contributed by atoms with E-state index in [1.54, 1.807) is 0 Å². The van der Waals surface area contributed by atoms with Crippen LogP contribution in [0.5, 0.6) is 0 Å². The van der Waals surface area contributed by atoms with Crippen molar-refractivity contribution in [3.63, 3.8) is 0 Å². The number of nitrogens with zero attached hydrogens (tertiary/aromatic N) is 2. The molecule has 0 fully saturated rings. The van der Waals surface area contributed by atoms with Gasteiger partial charge in [0.1, 0.15) is 5.65 Å². The molecule has 2 heterocycles. The number of fused-ring (bicyclic) bond motifs is 3. The summed E-state index contributed by atoms with van der Waals surface area (Å²) >= 11 is 2.33. The predicted octanol–water partition coefficient (Wildman–Crippen LogP) is 3.13. The molecule has 16 heavy (non-hydrogen) atoms. The van der Waals surface area contributed by atoms with Gasteiger partial charge < -0.3 is 5.32 Å². The van der Waals surface area contributed by atoms with Gasteiger partial charge in [-0.05, 0) is 40.8 Å². The number of para-hydroxylation sites is 2. The molecular formula is C12H10IN3. The van der Waals surface area contributed by atoms with Crippen LogP contribution in [0.1, 0.15) is 0 Å². The number of imidazole rings is 1. The topological polar surface area (TPSA) is 29.3 Å². The Kier molecular flexibility index (Phi) is 2.24. The third kappa shape index (κ3) is 1.36. The second-order valence-electron chi connectivity index (χ2n) is 3.61. The van der Waals surface area contributed by atoms with Crippen LogP contribution in [0.15, 0.2) is 36.4 Å². The van der Waals surface area contributed by atoms with Gasteiger partial charge in [-0.3, -0.25) is 4.40 Å². The van der Waals surface area contributed by atoms with Crippen LogP contribution in [0.25, 0.3) is 16.7 Å². The van der Waals surface area contributed by atoms with E-state index in [2.05, 4.69) is 55.5 Å². The van der Waals surface area contributed by atoms with Crippen molar-refractivity contribution in [1.29, 1.82) is 0 Å². The first-order valence-corrected chi connectivity index (χ1v) is 6.12. The van der Waals surface area contributed by atoms with Gasteiger partial charge in [0.15, 0.2) is 0 Å². The average molecular weight is 323 g/mol. The standard InChI is InChI=1S/C12H10IN3/c1-14-8-6-11(13)16-10-5-3-2-4-9(10)15-12(16)7-8/h2-7,14H,1H3. The van der Waals surface area contributed by atoms with E-state index >= 15 is 0 Å². The molecule has 0 amide bonds. The Morgan fingerprint density at radius 2 is 2.06 bits per heavy atom. The minimum Gasteiger partial charge on any atom is -0.388 e. The van der Waals surface area contributed by atoms with Gasteiger partial charge in [-0.25, -0.2) is 4.98 Å². The highest BCUT2D eigenvalue weighted by Gasteiger charge is 2.07. The molecule has 0 aliphatic carbocycles. The number of rotatable bonds is 1. The molecule has 0 saturated carbocycles. The number of hydrogen-bond donors (Lipinski definition) is 1. The maximum atomic E-state index is 4.60. The van der Waals surface area contributed by atoms with Gasteiger partial charge in [0, 0.05) is 18.8 Å². The summed E-state index contributed by atoms with van der Waals surface area (Å²) in [6, 6.07) is 12.4. The number of hydrogen-bond acceptors (Lipinski definition) is 2. The van der Waals surface area contributed by atoms with Crippen LogP contribution in [0.3, 0.4) is 0 Å². The molecule has 2 aromatic heterocycles. The van der Waals surface area contributed by atoms with E-state index in [1.807, 2.05) is 25.2 Å². The van der Waals surface area contributed by atoms with Crippen molar-refractivity contribution >= 4 is 45.0 Å². The molecule has 0 aliphatic rings. The van der Waals surface area contributed by atoms with E-state index in [0.717, 1.165) is 26.1 Å². The number of anilines is 1. The Morgan fingerprint density at radius 1 is 1.25 bits per heavy atom. The summed E-state index contributed by atoms with van der Waals surface area (Å²) in [5.41, 5.74) is 4.27. The van der Waals surface area contributed by atoms with E-state index in [-0.39, 0.29) is 0 Å². The predicted molar refractivity (Wildman–Crippen MR) is 75.0 cm³/mol. The largest absolute Gasteiger partial charge is 0.388 e. The molecule has 3 nitrogen and oxygen atoms in total. The maximum Gasteiger partial charge on any atom is 0.140 e. The summed E-state index contributed by atoms with van der Waals surface area (Å²) < 4.78 is 3.32. The molecule has 3 aromatic rings. The van der Waals surface area contributed by atoms with Crippen molar-refractivity contribution in [2.75, 3.05) is 12.4 Å². The molecule has 0 saturated heterocycles. The Labute approximate surface area is 107 Å². The van der Waals surface area contributed by atoms with Gasteiger partial charge in [0.25, 0.3) is 0 Å². The summed E-state index contributed by atoms with van der Waals surface area (Å²) in [6.45, 7) is 0. The second-order valence-corrected chi connectivity index (χ2v) is 4.72. The normalized spacial score (nSPS) is 11.1. The first-order valence-electron chi connectivity index (χ1n) is 5.04. The molecule has 0 aliphatic heterocycles. The highest BCUT2D eigenvalue weighted by molar-refractivity contribution is 14.1. The van der Waals surface area contributed by atoms with E-state index < -0.39 is 0 Å². The smallest absolute Gasteiger partial charge is 0.140 e. The van der Waals surface area contributed by atoms with Gasteiger partial charge in [0.2, 0.25) is 0 Å². The van der Waals surface area contributed by atoms with Crippen LogP contribution >= 0.6 is 22.6 Å². The molecule has 0 atom stereocenters. The molecule has 3 rings (SSSR count). The first-order chi connectivity index (χ1) is 7.79. The zero-order valence-electron chi connectivity index (χ0n) is 8.74. The molecule has 80 valence electrons. The van der Waals surface area contributed by atoms with Gasteiger partial charge in [-0.1, -0.05) is 12.1 Å². The van der Waals surface area contributed by atoms with Crippen molar-refractivity contribution in [2.24, 2.45) is 0 Å². The third-order valence-corrected chi connectivity index (χ3v) is 3.44. The van der Waals surface area contributed by atoms with Gasteiger partial charge in [0.05, 0.1) is 14.7 Å². The van der Waals surface area contributed by atoms with Crippen LogP contribution in [-0.4, -0.2) is 16.4 Å². The molecule has 0 unspecified atom stereocenters. The lowest BCUT2D eigenvalue weighted by Gasteiger charge is -2.04. The van der Waals surface area contributed by atoms with Crippen molar-refractivity contribution in [2.45, 2.75) is 0 Å². The number of halogens is 1. The molecule has 0 bridgehead atoms.